The number of hydrogen-bond donors (Lipinski definition) is 0. The molecule has 1 heterocycles. The van der Waals surface area contributed by atoms with Crippen LogP contribution in [0.2, 0.25) is 0 Å². The summed E-state index contributed by atoms with van der Waals surface area (Å²) in [6.45, 7) is 6.28. The number of nitro groups is 1. The number of nitro benzene ring substituents is 1. The molecule has 0 spiro atoms. The topological polar surface area (TPSA) is 83.8 Å². The second-order valence-corrected chi connectivity index (χ2v) is 8.54. The van der Waals surface area contributed by atoms with Gasteiger partial charge in [-0.3, -0.25) is 19.7 Å². The summed E-state index contributed by atoms with van der Waals surface area (Å²) in [4.78, 5) is 39.8. The van der Waals surface area contributed by atoms with Gasteiger partial charge in [0.1, 0.15) is 0 Å². The third kappa shape index (κ3) is 5.38. The molecule has 158 valence electrons. The first-order valence-corrected chi connectivity index (χ1v) is 10.9. The van der Waals surface area contributed by atoms with Gasteiger partial charge in [-0.15, -0.1) is 11.8 Å². The third-order valence-corrected chi connectivity index (χ3v) is 6.15. The highest BCUT2D eigenvalue weighted by molar-refractivity contribution is 8.00. The molecule has 0 atom stereocenters. The molecule has 2 aromatic rings. The van der Waals surface area contributed by atoms with Crippen molar-refractivity contribution in [2.75, 3.05) is 31.9 Å². The van der Waals surface area contributed by atoms with Crippen LogP contribution in [0.1, 0.15) is 35.7 Å². The maximum absolute atomic E-state index is 12.7. The summed E-state index contributed by atoms with van der Waals surface area (Å²) in [7, 11) is 0. The van der Waals surface area contributed by atoms with Gasteiger partial charge in [-0.1, -0.05) is 26.0 Å². The second kappa shape index (κ2) is 9.75. The van der Waals surface area contributed by atoms with E-state index in [1.165, 1.54) is 29.5 Å². The van der Waals surface area contributed by atoms with Crippen LogP contribution in [0.15, 0.2) is 53.4 Å². The molecule has 0 unspecified atom stereocenters. The molecule has 1 aliphatic heterocycles. The second-order valence-electron chi connectivity index (χ2n) is 7.49. The first-order valence-electron chi connectivity index (χ1n) is 9.89. The summed E-state index contributed by atoms with van der Waals surface area (Å²) >= 11 is 1.36. The highest BCUT2D eigenvalue weighted by Crippen LogP contribution is 2.22. The van der Waals surface area contributed by atoms with Gasteiger partial charge in [-0.05, 0) is 35.7 Å². The lowest BCUT2D eigenvalue weighted by molar-refractivity contribution is -0.384. The van der Waals surface area contributed by atoms with E-state index in [2.05, 4.69) is 13.8 Å². The summed E-state index contributed by atoms with van der Waals surface area (Å²) in [6, 6.07) is 13.9. The smallest absolute Gasteiger partial charge is 0.269 e. The van der Waals surface area contributed by atoms with Crippen LogP contribution in [-0.2, 0) is 4.79 Å². The van der Waals surface area contributed by atoms with Crippen molar-refractivity contribution in [1.29, 1.82) is 0 Å². The van der Waals surface area contributed by atoms with E-state index >= 15 is 0 Å². The van der Waals surface area contributed by atoms with Crippen LogP contribution in [0.25, 0.3) is 0 Å². The van der Waals surface area contributed by atoms with E-state index in [4.69, 9.17) is 0 Å². The molecule has 1 saturated heterocycles. The predicted octanol–water partition coefficient (Wildman–Crippen LogP) is 3.79. The Morgan fingerprint density at radius 3 is 2.07 bits per heavy atom. The molecule has 1 aliphatic rings. The molecule has 0 aromatic heterocycles. The van der Waals surface area contributed by atoms with E-state index in [9.17, 15) is 19.7 Å². The van der Waals surface area contributed by atoms with E-state index in [0.717, 1.165) is 4.90 Å². The van der Waals surface area contributed by atoms with Crippen molar-refractivity contribution >= 4 is 29.3 Å². The first-order chi connectivity index (χ1) is 14.3. The fourth-order valence-corrected chi connectivity index (χ4v) is 4.05. The monoisotopic (exact) mass is 427 g/mol. The molecular formula is C22H25N3O4S. The molecular weight excluding hydrogens is 402 g/mol. The summed E-state index contributed by atoms with van der Waals surface area (Å²) < 4.78 is 0. The molecule has 7 nitrogen and oxygen atoms in total. The van der Waals surface area contributed by atoms with Crippen LogP contribution in [0.5, 0.6) is 0 Å². The van der Waals surface area contributed by atoms with Crippen molar-refractivity contribution in [2.24, 2.45) is 0 Å². The van der Waals surface area contributed by atoms with Gasteiger partial charge >= 0.3 is 0 Å². The summed E-state index contributed by atoms with van der Waals surface area (Å²) in [5, 5.41) is 10.7. The Hall–Kier alpha value is -2.87. The van der Waals surface area contributed by atoms with Crippen LogP contribution in [0, 0.1) is 10.1 Å². The van der Waals surface area contributed by atoms with E-state index < -0.39 is 4.92 Å². The number of thioether (sulfide) groups is 1. The van der Waals surface area contributed by atoms with Gasteiger partial charge in [0, 0.05) is 48.8 Å². The number of carbonyl (C=O) groups is 2. The van der Waals surface area contributed by atoms with Crippen LogP contribution in [0.3, 0.4) is 0 Å². The molecule has 0 aliphatic carbocycles. The molecule has 8 heteroatoms. The molecule has 2 amide bonds. The Morgan fingerprint density at radius 2 is 1.53 bits per heavy atom. The number of carbonyl (C=O) groups excluding carboxylic acids is 2. The van der Waals surface area contributed by atoms with Crippen molar-refractivity contribution in [2.45, 2.75) is 24.7 Å². The minimum Gasteiger partial charge on any atom is -0.338 e. The lowest BCUT2D eigenvalue weighted by atomic mass is 10.0. The maximum Gasteiger partial charge on any atom is 0.269 e. The number of nitrogens with zero attached hydrogens (tertiary/aromatic N) is 3. The van der Waals surface area contributed by atoms with Crippen molar-refractivity contribution in [3.05, 3.63) is 69.8 Å². The maximum atomic E-state index is 12.7. The standard InChI is InChI=1S/C22H25N3O4S/c1-16(2)17-3-5-18(6-4-17)22(27)24-13-11-23(12-14-24)21(26)15-30-20-9-7-19(8-10-20)25(28)29/h3-10,16H,11-15H2,1-2H3. The highest BCUT2D eigenvalue weighted by atomic mass is 32.2. The van der Waals surface area contributed by atoms with Crippen molar-refractivity contribution < 1.29 is 14.5 Å². The minimum absolute atomic E-state index is 0.00217. The Bertz CT molecular complexity index is 905. The molecule has 3 rings (SSSR count). The number of amides is 2. The average molecular weight is 428 g/mol. The quantitative estimate of drug-likeness (QED) is 0.398. The number of non-ortho nitro benzene ring substituents is 1. The van der Waals surface area contributed by atoms with Crippen molar-refractivity contribution in [3.8, 4) is 0 Å². The lowest BCUT2D eigenvalue weighted by Crippen LogP contribution is -2.51. The fraction of sp³-hybridized carbons (Fsp3) is 0.364. The zero-order valence-electron chi connectivity index (χ0n) is 17.1. The van der Waals surface area contributed by atoms with E-state index in [1.54, 1.807) is 21.9 Å². The molecule has 0 N–H and O–H groups in total. The van der Waals surface area contributed by atoms with E-state index in [0.29, 0.717) is 37.7 Å². The Kier molecular flexibility index (Phi) is 7.10. The Morgan fingerprint density at radius 1 is 0.967 bits per heavy atom. The minimum atomic E-state index is -0.445. The number of rotatable bonds is 6. The Balaban J connectivity index is 1.47. The summed E-state index contributed by atoms with van der Waals surface area (Å²) in [5.74, 6) is 0.694. The third-order valence-electron chi connectivity index (χ3n) is 5.15. The van der Waals surface area contributed by atoms with Crippen LogP contribution in [-0.4, -0.2) is 58.5 Å². The van der Waals surface area contributed by atoms with Gasteiger partial charge in [0.15, 0.2) is 0 Å². The van der Waals surface area contributed by atoms with Gasteiger partial charge < -0.3 is 9.80 Å². The molecule has 0 saturated carbocycles. The summed E-state index contributed by atoms with van der Waals surface area (Å²) in [5.41, 5.74) is 1.91. The first kappa shape index (κ1) is 21.8. The Labute approximate surface area is 180 Å². The van der Waals surface area contributed by atoms with Gasteiger partial charge in [-0.25, -0.2) is 0 Å². The van der Waals surface area contributed by atoms with Gasteiger partial charge in [0.25, 0.3) is 11.6 Å². The predicted molar refractivity (Wildman–Crippen MR) is 117 cm³/mol. The molecule has 2 aromatic carbocycles. The van der Waals surface area contributed by atoms with E-state index in [1.807, 2.05) is 24.3 Å². The largest absolute Gasteiger partial charge is 0.338 e. The number of piperazine rings is 1. The molecule has 1 fully saturated rings. The van der Waals surface area contributed by atoms with Gasteiger partial charge in [0.2, 0.25) is 5.91 Å². The van der Waals surface area contributed by atoms with Gasteiger partial charge in [0.05, 0.1) is 10.7 Å². The SMILES string of the molecule is CC(C)c1ccc(C(=O)N2CCN(C(=O)CSc3ccc([N+](=O)[O-])cc3)CC2)cc1. The zero-order valence-corrected chi connectivity index (χ0v) is 17.9. The molecule has 0 radical (unpaired) electrons. The summed E-state index contributed by atoms with van der Waals surface area (Å²) in [6.07, 6.45) is 0. The van der Waals surface area contributed by atoms with Crippen molar-refractivity contribution in [1.82, 2.24) is 9.80 Å². The van der Waals surface area contributed by atoms with Crippen molar-refractivity contribution in [3.63, 3.8) is 0 Å². The van der Waals surface area contributed by atoms with E-state index in [-0.39, 0.29) is 23.3 Å². The molecule has 30 heavy (non-hydrogen) atoms. The van der Waals surface area contributed by atoms with Crippen LogP contribution < -0.4 is 0 Å². The zero-order chi connectivity index (χ0) is 21.7. The number of hydrogen-bond acceptors (Lipinski definition) is 5. The van der Waals surface area contributed by atoms with Crippen LogP contribution >= 0.6 is 11.8 Å². The fourth-order valence-electron chi connectivity index (χ4n) is 3.25. The normalized spacial score (nSPS) is 14.1. The van der Waals surface area contributed by atoms with Gasteiger partial charge in [-0.2, -0.15) is 0 Å². The lowest BCUT2D eigenvalue weighted by Gasteiger charge is -2.34. The molecule has 0 bridgehead atoms. The van der Waals surface area contributed by atoms with Crippen LogP contribution in [0.4, 0.5) is 5.69 Å². The highest BCUT2D eigenvalue weighted by Gasteiger charge is 2.25. The number of benzene rings is 2. The average Bonchev–Trinajstić information content (AvgIpc) is 2.77.